The number of carbonyl (C=O) groups excluding carboxylic acids is 1. The number of pyridine rings is 1. The van der Waals surface area contributed by atoms with Crippen molar-refractivity contribution < 1.29 is 18.8 Å². The molecular formula is C16H17FN4O4. The number of rotatable bonds is 6. The van der Waals surface area contributed by atoms with Gasteiger partial charge in [0, 0.05) is 13.3 Å². The lowest BCUT2D eigenvalue weighted by atomic mass is 10.0. The number of hydrogen-bond acceptors (Lipinski definition) is 5. The molecule has 25 heavy (non-hydrogen) atoms. The average molecular weight is 348 g/mol. The van der Waals surface area contributed by atoms with Gasteiger partial charge in [0.05, 0.1) is 11.0 Å². The van der Waals surface area contributed by atoms with E-state index in [9.17, 15) is 19.3 Å². The van der Waals surface area contributed by atoms with Gasteiger partial charge in [-0.05, 0) is 30.7 Å². The van der Waals surface area contributed by atoms with E-state index in [0.29, 0.717) is 5.56 Å². The van der Waals surface area contributed by atoms with E-state index in [1.54, 1.807) is 19.1 Å². The lowest BCUT2D eigenvalue weighted by Gasteiger charge is -2.24. The molecule has 0 aliphatic rings. The first-order valence-corrected chi connectivity index (χ1v) is 7.36. The van der Waals surface area contributed by atoms with Gasteiger partial charge in [0.25, 0.3) is 0 Å². The Labute approximate surface area is 143 Å². The summed E-state index contributed by atoms with van der Waals surface area (Å²) in [7, 11) is 1.47. The fourth-order valence-electron chi connectivity index (χ4n) is 2.36. The predicted octanol–water partition coefficient (Wildman–Crippen LogP) is 3.03. The van der Waals surface area contributed by atoms with Crippen LogP contribution in [0.25, 0.3) is 0 Å². The van der Waals surface area contributed by atoms with Crippen LogP contribution in [0.3, 0.4) is 0 Å². The fraction of sp³-hybridized carbons (Fsp3) is 0.250. The number of halogens is 1. The van der Waals surface area contributed by atoms with Crippen LogP contribution in [0.1, 0.15) is 18.6 Å². The number of ether oxygens (including phenoxy) is 1. The number of nitrogens with one attached hydrogen (secondary N) is 2. The molecule has 8 nitrogen and oxygen atoms in total. The standard InChI is InChI=1S/C16H17FN4O4/c1-10(15(25-2)11-3-5-12(17)6-4-11)19-16(22)20-13-7-8-18-9-14(13)21(23)24/h3-10,15H,1-2H3,(H2,18,19,20,22)/t10-,15-/m0/s1. The van der Waals surface area contributed by atoms with Crippen molar-refractivity contribution in [3.8, 4) is 0 Å². The van der Waals surface area contributed by atoms with Gasteiger partial charge in [0.2, 0.25) is 0 Å². The normalized spacial score (nSPS) is 12.9. The highest BCUT2D eigenvalue weighted by molar-refractivity contribution is 5.91. The number of anilines is 1. The van der Waals surface area contributed by atoms with E-state index in [-0.39, 0.29) is 17.2 Å². The Balaban J connectivity index is 2.06. The summed E-state index contributed by atoms with van der Waals surface area (Å²) in [5.74, 6) is -0.373. The molecule has 1 heterocycles. The summed E-state index contributed by atoms with van der Waals surface area (Å²) in [4.78, 5) is 26.1. The van der Waals surface area contributed by atoms with Crippen molar-refractivity contribution in [1.29, 1.82) is 0 Å². The van der Waals surface area contributed by atoms with Crippen molar-refractivity contribution in [3.05, 3.63) is 64.2 Å². The fourth-order valence-corrected chi connectivity index (χ4v) is 2.36. The van der Waals surface area contributed by atoms with E-state index in [1.807, 2.05) is 0 Å². The van der Waals surface area contributed by atoms with Crippen LogP contribution >= 0.6 is 0 Å². The molecule has 9 heteroatoms. The van der Waals surface area contributed by atoms with E-state index in [0.717, 1.165) is 6.20 Å². The van der Waals surface area contributed by atoms with Crippen LogP contribution < -0.4 is 10.6 Å². The summed E-state index contributed by atoms with van der Waals surface area (Å²) >= 11 is 0. The van der Waals surface area contributed by atoms with Crippen molar-refractivity contribution in [3.63, 3.8) is 0 Å². The number of aromatic nitrogens is 1. The minimum atomic E-state index is -0.636. The molecule has 0 saturated carbocycles. The molecule has 2 rings (SSSR count). The molecule has 2 amide bonds. The molecule has 0 radical (unpaired) electrons. The number of carbonyl (C=O) groups is 1. The first-order chi connectivity index (χ1) is 11.9. The molecule has 132 valence electrons. The summed E-state index contributed by atoms with van der Waals surface area (Å²) in [5, 5.41) is 16.0. The SMILES string of the molecule is CO[C@H](c1ccc(F)cc1)[C@H](C)NC(=O)Nc1ccncc1[N+](=O)[O-]. The Morgan fingerprint density at radius 2 is 2.00 bits per heavy atom. The molecular weight excluding hydrogens is 331 g/mol. The number of methoxy groups -OCH3 is 1. The maximum atomic E-state index is 13.0. The first kappa shape index (κ1) is 18.3. The number of nitro groups is 1. The molecule has 0 bridgehead atoms. The van der Waals surface area contributed by atoms with Crippen molar-refractivity contribution >= 4 is 17.4 Å². The van der Waals surface area contributed by atoms with Gasteiger partial charge >= 0.3 is 11.7 Å². The molecule has 0 fully saturated rings. The molecule has 1 aromatic carbocycles. The summed E-state index contributed by atoms with van der Waals surface area (Å²) in [5.41, 5.74) is 0.402. The van der Waals surface area contributed by atoms with Gasteiger partial charge in [0.1, 0.15) is 23.8 Å². The Morgan fingerprint density at radius 3 is 2.60 bits per heavy atom. The summed E-state index contributed by atoms with van der Waals surface area (Å²) in [6.45, 7) is 1.71. The minimum Gasteiger partial charge on any atom is -0.375 e. The third-order valence-electron chi connectivity index (χ3n) is 3.51. The largest absolute Gasteiger partial charge is 0.375 e. The van der Waals surface area contributed by atoms with Crippen LogP contribution in [-0.2, 0) is 4.74 Å². The Hall–Kier alpha value is -3.07. The van der Waals surface area contributed by atoms with Gasteiger partial charge in [-0.15, -0.1) is 0 Å². The summed E-state index contributed by atoms with van der Waals surface area (Å²) in [6, 6.07) is 5.95. The lowest BCUT2D eigenvalue weighted by Crippen LogP contribution is -2.40. The maximum absolute atomic E-state index is 13.0. The Morgan fingerprint density at radius 1 is 1.32 bits per heavy atom. The molecule has 0 aliphatic carbocycles. The van der Waals surface area contributed by atoms with Gasteiger partial charge in [-0.1, -0.05) is 12.1 Å². The van der Waals surface area contributed by atoms with E-state index < -0.39 is 23.1 Å². The van der Waals surface area contributed by atoms with Crippen LogP contribution in [0.5, 0.6) is 0 Å². The smallest absolute Gasteiger partial charge is 0.319 e. The van der Waals surface area contributed by atoms with Crippen LogP contribution in [0.15, 0.2) is 42.7 Å². The number of hydrogen-bond donors (Lipinski definition) is 2. The molecule has 2 aromatic rings. The van der Waals surface area contributed by atoms with Gasteiger partial charge in [-0.3, -0.25) is 15.1 Å². The van der Waals surface area contributed by atoms with Crippen LogP contribution in [0.4, 0.5) is 20.6 Å². The van der Waals surface area contributed by atoms with E-state index in [2.05, 4.69) is 15.6 Å². The monoisotopic (exact) mass is 348 g/mol. The highest BCUT2D eigenvalue weighted by Gasteiger charge is 2.22. The number of urea groups is 1. The topological polar surface area (TPSA) is 106 Å². The predicted molar refractivity (Wildman–Crippen MR) is 88.7 cm³/mol. The summed E-state index contributed by atoms with van der Waals surface area (Å²) in [6.07, 6.45) is 1.87. The van der Waals surface area contributed by atoms with E-state index >= 15 is 0 Å². The molecule has 2 N–H and O–H groups in total. The van der Waals surface area contributed by atoms with Crippen molar-refractivity contribution in [2.24, 2.45) is 0 Å². The number of nitrogens with zero attached hydrogens (tertiary/aromatic N) is 2. The van der Waals surface area contributed by atoms with Gasteiger partial charge in [-0.25, -0.2) is 9.18 Å². The zero-order valence-electron chi connectivity index (χ0n) is 13.6. The summed E-state index contributed by atoms with van der Waals surface area (Å²) < 4.78 is 18.4. The van der Waals surface area contributed by atoms with Crippen molar-refractivity contribution in [2.75, 3.05) is 12.4 Å². The van der Waals surface area contributed by atoms with Gasteiger partial charge in [-0.2, -0.15) is 0 Å². The third-order valence-corrected chi connectivity index (χ3v) is 3.51. The van der Waals surface area contributed by atoms with E-state index in [1.165, 1.54) is 31.5 Å². The maximum Gasteiger partial charge on any atom is 0.319 e. The molecule has 0 saturated heterocycles. The molecule has 0 aliphatic heterocycles. The van der Waals surface area contributed by atoms with Crippen LogP contribution in [0, 0.1) is 15.9 Å². The van der Waals surface area contributed by atoms with Gasteiger partial charge in [0.15, 0.2) is 0 Å². The second-order valence-electron chi connectivity index (χ2n) is 5.24. The Kier molecular flexibility index (Phi) is 5.96. The van der Waals surface area contributed by atoms with E-state index in [4.69, 9.17) is 4.74 Å². The van der Waals surface area contributed by atoms with Crippen LogP contribution in [-0.4, -0.2) is 29.1 Å². The first-order valence-electron chi connectivity index (χ1n) is 7.36. The van der Waals surface area contributed by atoms with Crippen molar-refractivity contribution in [2.45, 2.75) is 19.1 Å². The highest BCUT2D eigenvalue weighted by atomic mass is 19.1. The average Bonchev–Trinajstić information content (AvgIpc) is 2.57. The molecule has 0 unspecified atom stereocenters. The van der Waals surface area contributed by atoms with Crippen molar-refractivity contribution in [1.82, 2.24) is 10.3 Å². The Bertz CT molecular complexity index is 754. The zero-order chi connectivity index (χ0) is 18.4. The molecule has 1 aromatic heterocycles. The molecule has 2 atom stereocenters. The number of amides is 2. The number of benzene rings is 1. The second kappa shape index (κ2) is 8.15. The lowest BCUT2D eigenvalue weighted by molar-refractivity contribution is -0.384. The second-order valence-corrected chi connectivity index (χ2v) is 5.24. The van der Waals surface area contributed by atoms with Crippen LogP contribution in [0.2, 0.25) is 0 Å². The third kappa shape index (κ3) is 4.70. The quantitative estimate of drug-likeness (QED) is 0.616. The minimum absolute atomic E-state index is 0.0282. The zero-order valence-corrected chi connectivity index (χ0v) is 13.6. The molecule has 0 spiro atoms. The van der Waals surface area contributed by atoms with Gasteiger partial charge < -0.3 is 15.4 Å². The highest BCUT2D eigenvalue weighted by Crippen LogP contribution is 2.23.